The third-order valence-electron chi connectivity index (χ3n) is 2.39. The average Bonchev–Trinajstić information content (AvgIpc) is 2.29. The van der Waals surface area contributed by atoms with Gasteiger partial charge in [-0.05, 0) is 25.5 Å². The van der Waals surface area contributed by atoms with Crippen molar-refractivity contribution in [3.63, 3.8) is 0 Å². The molecule has 0 spiro atoms. The summed E-state index contributed by atoms with van der Waals surface area (Å²) < 4.78 is 10.8. The monoisotopic (exact) mass is 252 g/mol. The van der Waals surface area contributed by atoms with E-state index in [0.29, 0.717) is 12.5 Å². The van der Waals surface area contributed by atoms with Gasteiger partial charge in [0.15, 0.2) is 0 Å². The molecule has 0 aliphatic carbocycles. The second kappa shape index (κ2) is 8.06. The maximum absolute atomic E-state index is 5.73. The van der Waals surface area contributed by atoms with Crippen molar-refractivity contribution in [1.82, 2.24) is 10.3 Å². The highest BCUT2D eigenvalue weighted by atomic mass is 16.5. The Morgan fingerprint density at radius 2 is 2.11 bits per heavy atom. The molecule has 0 amide bonds. The summed E-state index contributed by atoms with van der Waals surface area (Å²) >= 11 is 0. The van der Waals surface area contributed by atoms with Gasteiger partial charge in [-0.3, -0.25) is 4.98 Å². The predicted octanol–water partition coefficient (Wildman–Crippen LogP) is 2.24. The molecular formula is C14H24N2O2. The van der Waals surface area contributed by atoms with Crippen LogP contribution in [0.4, 0.5) is 0 Å². The van der Waals surface area contributed by atoms with Crippen LogP contribution in [-0.2, 0) is 11.3 Å². The van der Waals surface area contributed by atoms with Gasteiger partial charge in [0.2, 0.25) is 0 Å². The molecule has 0 aromatic carbocycles. The molecule has 0 aliphatic rings. The van der Waals surface area contributed by atoms with Crippen LogP contribution >= 0.6 is 0 Å². The SMILES string of the molecule is COCC(C)Oc1ccnc(CNCC(C)C)c1. The molecule has 0 saturated heterocycles. The van der Waals surface area contributed by atoms with Gasteiger partial charge in [0.1, 0.15) is 11.9 Å². The fourth-order valence-electron chi connectivity index (χ4n) is 1.62. The van der Waals surface area contributed by atoms with Gasteiger partial charge in [0.25, 0.3) is 0 Å². The van der Waals surface area contributed by atoms with Crippen LogP contribution in [0, 0.1) is 5.92 Å². The van der Waals surface area contributed by atoms with Gasteiger partial charge in [-0.1, -0.05) is 13.8 Å². The zero-order chi connectivity index (χ0) is 13.4. The van der Waals surface area contributed by atoms with E-state index in [1.54, 1.807) is 13.3 Å². The minimum atomic E-state index is 0.0499. The minimum absolute atomic E-state index is 0.0499. The van der Waals surface area contributed by atoms with E-state index in [1.807, 2.05) is 19.1 Å². The standard InChI is InChI=1S/C14H24N2O2/c1-11(2)8-15-9-13-7-14(5-6-16-13)18-12(3)10-17-4/h5-7,11-12,15H,8-10H2,1-4H3. The number of pyridine rings is 1. The van der Waals surface area contributed by atoms with Crippen LogP contribution in [0.25, 0.3) is 0 Å². The molecule has 1 atom stereocenters. The maximum Gasteiger partial charge on any atom is 0.123 e. The summed E-state index contributed by atoms with van der Waals surface area (Å²) in [7, 11) is 1.67. The molecule has 0 aliphatic heterocycles. The highest BCUT2D eigenvalue weighted by molar-refractivity contribution is 5.22. The molecule has 102 valence electrons. The van der Waals surface area contributed by atoms with E-state index in [-0.39, 0.29) is 6.10 Å². The van der Waals surface area contributed by atoms with Crippen molar-refractivity contribution in [1.29, 1.82) is 0 Å². The lowest BCUT2D eigenvalue weighted by atomic mass is 10.2. The predicted molar refractivity (Wildman–Crippen MR) is 72.7 cm³/mol. The molecule has 1 aromatic rings. The Labute approximate surface area is 110 Å². The second-order valence-corrected chi connectivity index (χ2v) is 4.89. The molecule has 1 heterocycles. The Morgan fingerprint density at radius 3 is 2.78 bits per heavy atom. The van der Waals surface area contributed by atoms with E-state index in [0.717, 1.165) is 24.5 Å². The quantitative estimate of drug-likeness (QED) is 0.770. The number of hydrogen-bond acceptors (Lipinski definition) is 4. The summed E-state index contributed by atoms with van der Waals surface area (Å²) in [6, 6.07) is 3.84. The normalized spacial score (nSPS) is 12.7. The fraction of sp³-hybridized carbons (Fsp3) is 0.643. The molecule has 1 aromatic heterocycles. The zero-order valence-corrected chi connectivity index (χ0v) is 11.8. The van der Waals surface area contributed by atoms with E-state index in [2.05, 4.69) is 24.1 Å². The Kier molecular flexibility index (Phi) is 6.68. The summed E-state index contributed by atoms with van der Waals surface area (Å²) in [6.07, 6.45) is 1.83. The van der Waals surface area contributed by atoms with Crippen molar-refractivity contribution in [2.45, 2.75) is 33.4 Å². The lowest BCUT2D eigenvalue weighted by Gasteiger charge is -2.14. The maximum atomic E-state index is 5.73. The van der Waals surface area contributed by atoms with Gasteiger partial charge in [0.05, 0.1) is 12.3 Å². The lowest BCUT2D eigenvalue weighted by molar-refractivity contribution is 0.0919. The van der Waals surface area contributed by atoms with E-state index in [9.17, 15) is 0 Å². The Balaban J connectivity index is 2.46. The number of aromatic nitrogens is 1. The van der Waals surface area contributed by atoms with E-state index in [1.165, 1.54) is 0 Å². The zero-order valence-electron chi connectivity index (χ0n) is 11.8. The summed E-state index contributed by atoms with van der Waals surface area (Å²) in [5.41, 5.74) is 0.998. The van der Waals surface area contributed by atoms with Gasteiger partial charge < -0.3 is 14.8 Å². The number of nitrogens with zero attached hydrogens (tertiary/aromatic N) is 1. The van der Waals surface area contributed by atoms with Gasteiger partial charge >= 0.3 is 0 Å². The first-order valence-corrected chi connectivity index (χ1v) is 6.43. The number of methoxy groups -OCH3 is 1. The first kappa shape index (κ1) is 14.9. The topological polar surface area (TPSA) is 43.4 Å². The molecule has 18 heavy (non-hydrogen) atoms. The van der Waals surface area contributed by atoms with E-state index < -0.39 is 0 Å². The van der Waals surface area contributed by atoms with Crippen molar-refractivity contribution in [3.8, 4) is 5.75 Å². The summed E-state index contributed by atoms with van der Waals surface area (Å²) in [6.45, 7) is 8.71. The first-order chi connectivity index (χ1) is 8.61. The van der Waals surface area contributed by atoms with Gasteiger partial charge in [-0.2, -0.15) is 0 Å². The average molecular weight is 252 g/mol. The van der Waals surface area contributed by atoms with Crippen LogP contribution in [0.1, 0.15) is 26.5 Å². The first-order valence-electron chi connectivity index (χ1n) is 6.43. The molecule has 0 fully saturated rings. The summed E-state index contributed by atoms with van der Waals surface area (Å²) in [5, 5.41) is 3.36. The molecule has 1 unspecified atom stereocenters. The molecule has 4 heteroatoms. The molecule has 1 rings (SSSR count). The number of nitrogens with one attached hydrogen (secondary N) is 1. The van der Waals surface area contributed by atoms with Crippen LogP contribution in [0.2, 0.25) is 0 Å². The molecule has 0 saturated carbocycles. The number of hydrogen-bond donors (Lipinski definition) is 1. The molecule has 1 N–H and O–H groups in total. The van der Waals surface area contributed by atoms with Gasteiger partial charge in [0, 0.05) is 25.9 Å². The summed E-state index contributed by atoms with van der Waals surface area (Å²) in [4.78, 5) is 4.32. The largest absolute Gasteiger partial charge is 0.488 e. The molecular weight excluding hydrogens is 228 g/mol. The highest BCUT2D eigenvalue weighted by Crippen LogP contribution is 2.13. The third kappa shape index (κ3) is 5.98. The van der Waals surface area contributed by atoms with Gasteiger partial charge in [-0.25, -0.2) is 0 Å². The van der Waals surface area contributed by atoms with Gasteiger partial charge in [-0.15, -0.1) is 0 Å². The minimum Gasteiger partial charge on any atom is -0.488 e. The van der Waals surface area contributed by atoms with Crippen LogP contribution < -0.4 is 10.1 Å². The van der Waals surface area contributed by atoms with Crippen molar-refractivity contribution in [3.05, 3.63) is 24.0 Å². The van der Waals surface area contributed by atoms with Crippen LogP contribution in [0.15, 0.2) is 18.3 Å². The molecule has 0 bridgehead atoms. The van der Waals surface area contributed by atoms with Crippen molar-refractivity contribution in [2.24, 2.45) is 5.92 Å². The smallest absolute Gasteiger partial charge is 0.123 e. The van der Waals surface area contributed by atoms with Crippen LogP contribution in [-0.4, -0.2) is 31.3 Å². The number of ether oxygens (including phenoxy) is 2. The van der Waals surface area contributed by atoms with E-state index >= 15 is 0 Å². The Hall–Kier alpha value is -1.13. The fourth-order valence-corrected chi connectivity index (χ4v) is 1.62. The van der Waals surface area contributed by atoms with Crippen LogP contribution in [0.3, 0.4) is 0 Å². The Morgan fingerprint density at radius 1 is 1.33 bits per heavy atom. The van der Waals surface area contributed by atoms with Crippen LogP contribution in [0.5, 0.6) is 5.75 Å². The highest BCUT2D eigenvalue weighted by Gasteiger charge is 2.04. The summed E-state index contributed by atoms with van der Waals surface area (Å²) in [5.74, 6) is 1.49. The van der Waals surface area contributed by atoms with Crippen molar-refractivity contribution >= 4 is 0 Å². The third-order valence-corrected chi connectivity index (χ3v) is 2.39. The van der Waals surface area contributed by atoms with Crippen molar-refractivity contribution < 1.29 is 9.47 Å². The molecule has 4 nitrogen and oxygen atoms in total. The lowest BCUT2D eigenvalue weighted by Crippen LogP contribution is -2.20. The molecule has 0 radical (unpaired) electrons. The van der Waals surface area contributed by atoms with Crippen molar-refractivity contribution in [2.75, 3.05) is 20.3 Å². The second-order valence-electron chi connectivity index (χ2n) is 4.89. The Bertz CT molecular complexity index is 342. The number of rotatable bonds is 8. The van der Waals surface area contributed by atoms with E-state index in [4.69, 9.17) is 9.47 Å².